The maximum absolute atomic E-state index is 12.6. The molecule has 0 aliphatic carbocycles. The van der Waals surface area contributed by atoms with Gasteiger partial charge in [-0.25, -0.2) is 0 Å². The van der Waals surface area contributed by atoms with Crippen molar-refractivity contribution in [3.05, 3.63) is 35.9 Å². The Labute approximate surface area is 130 Å². The van der Waals surface area contributed by atoms with Gasteiger partial charge in [0.2, 0.25) is 5.91 Å². The zero-order valence-corrected chi connectivity index (χ0v) is 13.0. The van der Waals surface area contributed by atoms with Gasteiger partial charge in [0.1, 0.15) is 12.1 Å². The predicted octanol–water partition coefficient (Wildman–Crippen LogP) is 0.564. The molecular formula is C16H23N3O3. The van der Waals surface area contributed by atoms with Crippen molar-refractivity contribution >= 4 is 11.9 Å². The molecule has 6 nitrogen and oxygen atoms in total. The normalized spacial score (nSPS) is 19.4. The SMILES string of the molecule is C[C@@H](NC(=O)C(c1ccccc1)N1CCN(C)CC1)C(=O)O. The largest absolute Gasteiger partial charge is 0.480 e. The summed E-state index contributed by atoms with van der Waals surface area (Å²) in [6, 6.07) is 8.17. The molecule has 1 fully saturated rings. The summed E-state index contributed by atoms with van der Waals surface area (Å²) in [4.78, 5) is 27.9. The maximum atomic E-state index is 12.6. The molecule has 1 saturated heterocycles. The number of hydrogen-bond acceptors (Lipinski definition) is 4. The van der Waals surface area contributed by atoms with Gasteiger partial charge >= 0.3 is 5.97 Å². The molecule has 1 aromatic carbocycles. The molecule has 0 saturated carbocycles. The Bertz CT molecular complexity index is 513. The summed E-state index contributed by atoms with van der Waals surface area (Å²) in [7, 11) is 2.06. The van der Waals surface area contributed by atoms with E-state index in [9.17, 15) is 9.59 Å². The molecule has 22 heavy (non-hydrogen) atoms. The minimum absolute atomic E-state index is 0.259. The first-order valence-corrected chi connectivity index (χ1v) is 7.49. The topological polar surface area (TPSA) is 72.9 Å². The second kappa shape index (κ2) is 7.38. The Morgan fingerprint density at radius 2 is 1.73 bits per heavy atom. The van der Waals surface area contributed by atoms with Crippen molar-refractivity contribution in [2.75, 3.05) is 33.2 Å². The molecule has 1 aliphatic rings. The van der Waals surface area contributed by atoms with Gasteiger partial charge in [-0.3, -0.25) is 14.5 Å². The number of carboxylic acids is 1. The Morgan fingerprint density at radius 1 is 1.14 bits per heavy atom. The van der Waals surface area contributed by atoms with Crippen LogP contribution in [-0.4, -0.2) is 66.1 Å². The number of amides is 1. The molecule has 1 unspecified atom stereocenters. The average molecular weight is 305 g/mol. The number of aliphatic carboxylic acids is 1. The molecule has 1 heterocycles. The van der Waals surface area contributed by atoms with Gasteiger partial charge < -0.3 is 15.3 Å². The molecule has 2 rings (SSSR count). The first-order valence-electron chi connectivity index (χ1n) is 7.49. The van der Waals surface area contributed by atoms with E-state index in [1.165, 1.54) is 6.92 Å². The first-order chi connectivity index (χ1) is 10.5. The van der Waals surface area contributed by atoms with Crippen molar-refractivity contribution in [2.24, 2.45) is 0 Å². The van der Waals surface area contributed by atoms with E-state index in [4.69, 9.17) is 5.11 Å². The van der Waals surface area contributed by atoms with Crippen LogP contribution >= 0.6 is 0 Å². The Hall–Kier alpha value is -1.92. The highest BCUT2D eigenvalue weighted by molar-refractivity contribution is 5.87. The van der Waals surface area contributed by atoms with Crippen LogP contribution < -0.4 is 5.32 Å². The molecule has 120 valence electrons. The molecule has 0 bridgehead atoms. The molecule has 0 radical (unpaired) electrons. The smallest absolute Gasteiger partial charge is 0.325 e. The van der Waals surface area contributed by atoms with Crippen molar-refractivity contribution in [1.82, 2.24) is 15.1 Å². The Kier molecular flexibility index (Phi) is 5.51. The van der Waals surface area contributed by atoms with E-state index < -0.39 is 18.1 Å². The van der Waals surface area contributed by atoms with Gasteiger partial charge in [-0.15, -0.1) is 0 Å². The lowest BCUT2D eigenvalue weighted by molar-refractivity contribution is -0.142. The fraction of sp³-hybridized carbons (Fsp3) is 0.500. The van der Waals surface area contributed by atoms with E-state index in [-0.39, 0.29) is 5.91 Å². The molecule has 2 atom stereocenters. The van der Waals surface area contributed by atoms with E-state index in [2.05, 4.69) is 22.2 Å². The summed E-state index contributed by atoms with van der Waals surface area (Å²) in [5.41, 5.74) is 0.891. The van der Waals surface area contributed by atoms with Gasteiger partial charge in [0.25, 0.3) is 0 Å². The number of hydrogen-bond donors (Lipinski definition) is 2. The van der Waals surface area contributed by atoms with Gasteiger partial charge in [-0.1, -0.05) is 30.3 Å². The highest BCUT2D eigenvalue weighted by Crippen LogP contribution is 2.22. The highest BCUT2D eigenvalue weighted by Gasteiger charge is 2.31. The summed E-state index contributed by atoms with van der Waals surface area (Å²) in [6.07, 6.45) is 0. The minimum atomic E-state index is -1.03. The van der Waals surface area contributed by atoms with Gasteiger partial charge in [0.05, 0.1) is 0 Å². The Balaban J connectivity index is 2.18. The summed E-state index contributed by atoms with van der Waals surface area (Å²) in [6.45, 7) is 4.83. The average Bonchev–Trinajstić information content (AvgIpc) is 2.50. The third-order valence-corrected chi connectivity index (χ3v) is 4.00. The van der Waals surface area contributed by atoms with Gasteiger partial charge in [0.15, 0.2) is 0 Å². The molecule has 1 aromatic rings. The van der Waals surface area contributed by atoms with E-state index in [1.807, 2.05) is 30.3 Å². The number of carbonyl (C=O) groups excluding carboxylic acids is 1. The van der Waals surface area contributed by atoms with Gasteiger partial charge in [-0.05, 0) is 19.5 Å². The van der Waals surface area contributed by atoms with Crippen molar-refractivity contribution < 1.29 is 14.7 Å². The van der Waals surface area contributed by atoms with Crippen LogP contribution in [0.3, 0.4) is 0 Å². The van der Waals surface area contributed by atoms with Crippen LogP contribution in [0.5, 0.6) is 0 Å². The fourth-order valence-corrected chi connectivity index (χ4v) is 2.60. The molecule has 0 aromatic heterocycles. The van der Waals surface area contributed by atoms with Crippen LogP contribution in [0.1, 0.15) is 18.5 Å². The highest BCUT2D eigenvalue weighted by atomic mass is 16.4. The molecule has 0 spiro atoms. The second-order valence-electron chi connectivity index (χ2n) is 5.72. The minimum Gasteiger partial charge on any atom is -0.480 e. The standard InChI is InChI=1S/C16H23N3O3/c1-12(16(21)22)17-15(20)14(13-6-4-3-5-7-13)19-10-8-18(2)9-11-19/h3-7,12,14H,8-11H2,1-2H3,(H,17,20)(H,21,22)/t12-,14?/m1/s1. The number of nitrogens with zero attached hydrogens (tertiary/aromatic N) is 2. The van der Waals surface area contributed by atoms with Crippen molar-refractivity contribution in [2.45, 2.75) is 19.0 Å². The van der Waals surface area contributed by atoms with E-state index in [1.54, 1.807) is 0 Å². The zero-order valence-electron chi connectivity index (χ0n) is 13.0. The van der Waals surface area contributed by atoms with Crippen molar-refractivity contribution in [3.8, 4) is 0 Å². The molecule has 1 aliphatic heterocycles. The Morgan fingerprint density at radius 3 is 2.27 bits per heavy atom. The fourth-order valence-electron chi connectivity index (χ4n) is 2.60. The van der Waals surface area contributed by atoms with Crippen LogP contribution in [0.25, 0.3) is 0 Å². The summed E-state index contributed by atoms with van der Waals surface area (Å²) in [5, 5.41) is 11.6. The number of nitrogens with one attached hydrogen (secondary N) is 1. The predicted molar refractivity (Wildman–Crippen MR) is 83.5 cm³/mol. The number of carboxylic acid groups (broad SMARTS) is 1. The lowest BCUT2D eigenvalue weighted by atomic mass is 10.0. The molecular weight excluding hydrogens is 282 g/mol. The van der Waals surface area contributed by atoms with Crippen LogP contribution in [0.4, 0.5) is 0 Å². The lowest BCUT2D eigenvalue weighted by Gasteiger charge is -2.37. The van der Waals surface area contributed by atoms with Crippen LogP contribution in [0.2, 0.25) is 0 Å². The van der Waals surface area contributed by atoms with Crippen molar-refractivity contribution in [3.63, 3.8) is 0 Å². The van der Waals surface area contributed by atoms with Crippen molar-refractivity contribution in [1.29, 1.82) is 0 Å². The summed E-state index contributed by atoms with van der Waals surface area (Å²) >= 11 is 0. The summed E-state index contributed by atoms with van der Waals surface area (Å²) < 4.78 is 0. The molecule has 1 amide bonds. The van der Waals surface area contributed by atoms with Crippen LogP contribution in [-0.2, 0) is 9.59 Å². The number of carbonyl (C=O) groups is 2. The van der Waals surface area contributed by atoms with E-state index in [0.717, 1.165) is 31.7 Å². The summed E-state index contributed by atoms with van der Waals surface area (Å²) in [5.74, 6) is -1.29. The van der Waals surface area contributed by atoms with Gasteiger partial charge in [-0.2, -0.15) is 0 Å². The number of benzene rings is 1. The maximum Gasteiger partial charge on any atom is 0.325 e. The number of likely N-dealkylation sites (N-methyl/N-ethyl adjacent to an activating group) is 1. The zero-order chi connectivity index (χ0) is 16.1. The lowest BCUT2D eigenvalue weighted by Crippen LogP contribution is -2.51. The molecule has 6 heteroatoms. The quantitative estimate of drug-likeness (QED) is 0.832. The first kappa shape index (κ1) is 16.5. The second-order valence-corrected chi connectivity index (χ2v) is 5.72. The molecule has 2 N–H and O–H groups in total. The van der Waals surface area contributed by atoms with E-state index >= 15 is 0 Å². The third kappa shape index (κ3) is 4.05. The number of piperazine rings is 1. The number of rotatable bonds is 5. The van der Waals surface area contributed by atoms with E-state index in [0.29, 0.717) is 0 Å². The van der Waals surface area contributed by atoms with Crippen LogP contribution in [0, 0.1) is 0 Å². The van der Waals surface area contributed by atoms with Crippen LogP contribution in [0.15, 0.2) is 30.3 Å². The monoisotopic (exact) mass is 305 g/mol. The van der Waals surface area contributed by atoms with Gasteiger partial charge in [0, 0.05) is 26.2 Å². The third-order valence-electron chi connectivity index (χ3n) is 4.00.